The van der Waals surface area contributed by atoms with Crippen molar-refractivity contribution in [1.29, 1.82) is 0 Å². The lowest BCUT2D eigenvalue weighted by Crippen LogP contribution is -2.37. The molecule has 1 unspecified atom stereocenters. The third-order valence-electron chi connectivity index (χ3n) is 10.3. The average molecular weight is 836 g/mol. The minimum absolute atomic E-state index is 0.0587. The van der Waals surface area contributed by atoms with Gasteiger partial charge in [0.15, 0.2) is 11.5 Å². The first-order valence-electron chi connectivity index (χ1n) is 17.1. The van der Waals surface area contributed by atoms with Crippen LogP contribution >= 0.6 is 11.6 Å². The molecular weight excluding hydrogens is 807 g/mol. The maximum Gasteiger partial charge on any atom is 0.435 e. The SMILES string of the molecule is Cn1nccc1-c1ccc(-c2ccc(Cl)c3c(NS(C)(=O)=O)nn(C)c23)c([C@@H](Cc2cc(F)cc(F)c2)C(C(N)=O)n2nc(C(F)(F)F)c3c2C(F)(F)[C@@H]2C[C@H]32)n1. The molecule has 21 heteroatoms. The van der Waals surface area contributed by atoms with Gasteiger partial charge in [-0.15, -0.1) is 0 Å². The van der Waals surface area contributed by atoms with E-state index in [1.54, 1.807) is 19.2 Å². The van der Waals surface area contributed by atoms with Crippen LogP contribution in [0.15, 0.2) is 54.7 Å². The van der Waals surface area contributed by atoms with Crippen LogP contribution in [-0.2, 0) is 47.4 Å². The zero-order chi connectivity index (χ0) is 41.1. The molecule has 6 aromatic rings. The van der Waals surface area contributed by atoms with Crippen LogP contribution in [0.3, 0.4) is 0 Å². The van der Waals surface area contributed by atoms with Crippen LogP contribution in [0.25, 0.3) is 33.4 Å². The number of nitrogens with two attached hydrogens (primary N) is 1. The van der Waals surface area contributed by atoms with Crippen molar-refractivity contribution in [2.75, 3.05) is 11.0 Å². The molecule has 8 rings (SSSR count). The maximum absolute atomic E-state index is 16.1. The number of primary amides is 1. The highest BCUT2D eigenvalue weighted by Gasteiger charge is 2.69. The van der Waals surface area contributed by atoms with Gasteiger partial charge in [-0.25, -0.2) is 21.9 Å². The number of aromatic nitrogens is 7. The van der Waals surface area contributed by atoms with Gasteiger partial charge in [0.1, 0.15) is 23.4 Å². The van der Waals surface area contributed by atoms with Crippen LogP contribution in [0, 0.1) is 17.6 Å². The molecule has 1 amide bonds. The van der Waals surface area contributed by atoms with Crippen LogP contribution in [0.1, 0.15) is 52.5 Å². The van der Waals surface area contributed by atoms with E-state index in [-0.39, 0.29) is 56.2 Å². The number of nitrogens with one attached hydrogen (secondary N) is 1. The lowest BCUT2D eigenvalue weighted by atomic mass is 9.83. The number of rotatable bonds is 10. The molecule has 0 radical (unpaired) electrons. The van der Waals surface area contributed by atoms with Crippen LogP contribution in [-0.4, -0.2) is 54.9 Å². The summed E-state index contributed by atoms with van der Waals surface area (Å²) in [4.78, 5) is 18.7. The highest BCUT2D eigenvalue weighted by atomic mass is 35.5. The monoisotopic (exact) mass is 835 g/mol. The molecule has 0 aliphatic heterocycles. The van der Waals surface area contributed by atoms with E-state index in [4.69, 9.17) is 22.3 Å². The third-order valence-corrected chi connectivity index (χ3v) is 11.2. The fourth-order valence-corrected chi connectivity index (χ4v) is 8.79. The number of aryl methyl sites for hydroxylation is 2. The number of carbonyl (C=O) groups excluding carboxylic acids is 1. The van der Waals surface area contributed by atoms with E-state index >= 15 is 8.78 Å². The summed E-state index contributed by atoms with van der Waals surface area (Å²) in [5.74, 6) is -11.8. The summed E-state index contributed by atoms with van der Waals surface area (Å²) in [6.07, 6.45) is -3.67. The number of pyridine rings is 1. The molecule has 0 bridgehead atoms. The molecule has 4 heterocycles. The second kappa shape index (κ2) is 13.0. The third kappa shape index (κ3) is 6.47. The van der Waals surface area contributed by atoms with E-state index in [1.165, 1.54) is 40.8 Å². The number of alkyl halides is 5. The van der Waals surface area contributed by atoms with Crippen molar-refractivity contribution in [1.82, 2.24) is 34.3 Å². The Bertz CT molecular complexity index is 2740. The summed E-state index contributed by atoms with van der Waals surface area (Å²) >= 11 is 6.60. The van der Waals surface area contributed by atoms with E-state index in [1.807, 2.05) is 0 Å². The Morgan fingerprint density at radius 2 is 1.72 bits per heavy atom. The topological polar surface area (TPSA) is 156 Å². The Morgan fingerprint density at radius 3 is 2.33 bits per heavy atom. The van der Waals surface area contributed by atoms with Crippen LogP contribution in [0.4, 0.5) is 36.6 Å². The Kier molecular flexibility index (Phi) is 8.76. The van der Waals surface area contributed by atoms with Crippen molar-refractivity contribution in [2.24, 2.45) is 25.7 Å². The van der Waals surface area contributed by atoms with Crippen molar-refractivity contribution in [3.8, 4) is 22.5 Å². The van der Waals surface area contributed by atoms with Crippen LogP contribution in [0.5, 0.6) is 0 Å². The van der Waals surface area contributed by atoms with Gasteiger partial charge in [0.05, 0.1) is 39.3 Å². The quantitative estimate of drug-likeness (QED) is 0.144. The number of anilines is 1. The van der Waals surface area contributed by atoms with Gasteiger partial charge in [0.25, 0.3) is 5.92 Å². The van der Waals surface area contributed by atoms with Gasteiger partial charge in [-0.2, -0.15) is 37.2 Å². The zero-order valence-corrected chi connectivity index (χ0v) is 31.4. The molecule has 57 heavy (non-hydrogen) atoms. The molecule has 1 saturated carbocycles. The molecule has 0 spiro atoms. The molecule has 2 aromatic carbocycles. The van der Waals surface area contributed by atoms with Crippen molar-refractivity contribution in [3.05, 3.63) is 99.6 Å². The number of halogens is 8. The van der Waals surface area contributed by atoms with Gasteiger partial charge in [0, 0.05) is 54.9 Å². The number of benzene rings is 2. The number of amides is 1. The number of carbonyl (C=O) groups is 1. The summed E-state index contributed by atoms with van der Waals surface area (Å²) in [6, 6.07) is 7.84. The predicted octanol–water partition coefficient (Wildman–Crippen LogP) is 6.82. The highest BCUT2D eigenvalue weighted by molar-refractivity contribution is 7.92. The average Bonchev–Trinajstić information content (AvgIpc) is 3.31. The minimum Gasteiger partial charge on any atom is -0.368 e. The molecule has 4 aromatic heterocycles. The standard InChI is InChI=1S/C36H29ClF7N9O3S/c1-51-25(8-9-46-51)24-7-5-18(19-4-6-23(37)27-29(19)52(2)49-34(27)50-57(3,55)56)28(47-24)21(12-15-10-16(38)13-17(39)11-15)30(33(45)54)53-32-26(31(48-53)36(42,43)44)20-14-22(20)35(32,40)41/h4-11,13,20-22,30H,12,14H2,1-3H3,(H2,45,54)(H,49,50)/t20-,21+,22+,30?/m0/s1. The van der Waals surface area contributed by atoms with Gasteiger partial charge in [-0.1, -0.05) is 23.7 Å². The Hall–Kier alpha value is -5.50. The molecule has 1 fully saturated rings. The second-order valence-electron chi connectivity index (χ2n) is 14.2. The van der Waals surface area contributed by atoms with Crippen LogP contribution < -0.4 is 10.5 Å². The van der Waals surface area contributed by atoms with Crippen molar-refractivity contribution in [3.63, 3.8) is 0 Å². The lowest BCUT2D eigenvalue weighted by Gasteiger charge is -2.30. The number of nitrogens with zero attached hydrogens (tertiary/aromatic N) is 7. The fourth-order valence-electron chi connectivity index (χ4n) is 8.06. The Morgan fingerprint density at radius 1 is 1.04 bits per heavy atom. The summed E-state index contributed by atoms with van der Waals surface area (Å²) in [5, 5.41) is 12.3. The number of sulfonamides is 1. The number of hydrogen-bond acceptors (Lipinski definition) is 7. The number of hydrogen-bond donors (Lipinski definition) is 2. The Balaban J connectivity index is 1.45. The van der Waals surface area contributed by atoms with Crippen molar-refractivity contribution < 1.29 is 43.9 Å². The van der Waals surface area contributed by atoms with Gasteiger partial charge in [-0.3, -0.25) is 23.9 Å². The van der Waals surface area contributed by atoms with E-state index < -0.39 is 86.8 Å². The molecule has 4 atom stereocenters. The normalized spacial score (nSPS) is 18.4. The minimum atomic E-state index is -5.21. The van der Waals surface area contributed by atoms with E-state index in [9.17, 15) is 35.2 Å². The van der Waals surface area contributed by atoms with E-state index in [0.717, 1.165) is 18.4 Å². The second-order valence-corrected chi connectivity index (χ2v) is 16.4. The van der Waals surface area contributed by atoms with E-state index in [0.29, 0.717) is 16.4 Å². The van der Waals surface area contributed by atoms with Crippen molar-refractivity contribution in [2.45, 2.75) is 42.8 Å². The molecule has 298 valence electrons. The fraction of sp³-hybridized carbons (Fsp3) is 0.306. The highest BCUT2D eigenvalue weighted by Crippen LogP contribution is 2.69. The zero-order valence-electron chi connectivity index (χ0n) is 29.8. The first-order valence-corrected chi connectivity index (χ1v) is 19.4. The smallest absolute Gasteiger partial charge is 0.368 e. The molecule has 12 nitrogen and oxygen atoms in total. The molecule has 3 N–H and O–H groups in total. The summed E-state index contributed by atoms with van der Waals surface area (Å²) < 4.78 is 135. The summed E-state index contributed by atoms with van der Waals surface area (Å²) in [7, 11) is -0.820. The number of fused-ring (bicyclic) bond motifs is 4. The first-order chi connectivity index (χ1) is 26.7. The predicted molar refractivity (Wildman–Crippen MR) is 193 cm³/mol. The van der Waals surface area contributed by atoms with Crippen LogP contribution in [0.2, 0.25) is 5.02 Å². The van der Waals surface area contributed by atoms with Gasteiger partial charge < -0.3 is 5.73 Å². The van der Waals surface area contributed by atoms with Crippen molar-refractivity contribution >= 4 is 44.3 Å². The molecular formula is C36H29ClF7N9O3S. The summed E-state index contributed by atoms with van der Waals surface area (Å²) in [5.41, 5.74) is 3.42. The van der Waals surface area contributed by atoms with E-state index in [2.05, 4.69) is 20.0 Å². The molecule has 2 aliphatic rings. The Labute approximate surface area is 323 Å². The van der Waals surface area contributed by atoms with Gasteiger partial charge in [0.2, 0.25) is 15.9 Å². The van der Waals surface area contributed by atoms with Gasteiger partial charge in [-0.05, 0) is 54.7 Å². The maximum atomic E-state index is 16.1. The summed E-state index contributed by atoms with van der Waals surface area (Å²) in [6.45, 7) is 0. The molecule has 2 aliphatic carbocycles. The first kappa shape index (κ1) is 38.4. The molecule has 0 saturated heterocycles. The lowest BCUT2D eigenvalue weighted by molar-refractivity contribution is -0.142. The van der Waals surface area contributed by atoms with Gasteiger partial charge >= 0.3 is 6.18 Å². The largest absolute Gasteiger partial charge is 0.435 e.